The second-order valence-corrected chi connectivity index (χ2v) is 5.44. The summed E-state index contributed by atoms with van der Waals surface area (Å²) in [6.07, 6.45) is 2.04. The first kappa shape index (κ1) is 15.9. The predicted molar refractivity (Wildman–Crippen MR) is 89.0 cm³/mol. The fourth-order valence-corrected chi connectivity index (χ4v) is 2.34. The molecule has 21 heavy (non-hydrogen) atoms. The number of halogens is 1. The summed E-state index contributed by atoms with van der Waals surface area (Å²) in [6, 6.07) is 18.3. The molecule has 0 amide bonds. The highest BCUT2D eigenvalue weighted by atomic mass is 35.5. The fourth-order valence-electron chi connectivity index (χ4n) is 2.21. The molecule has 0 aliphatic heterocycles. The molecule has 1 atom stereocenters. The van der Waals surface area contributed by atoms with Gasteiger partial charge in [0, 0.05) is 17.5 Å². The zero-order chi connectivity index (χ0) is 14.9. The van der Waals surface area contributed by atoms with Crippen molar-refractivity contribution in [1.82, 2.24) is 5.32 Å². The molecule has 0 aromatic heterocycles. The normalized spacial score (nSPS) is 12.1. The highest BCUT2D eigenvalue weighted by molar-refractivity contribution is 6.30. The molecule has 0 fully saturated rings. The Labute approximate surface area is 132 Å². The minimum Gasteiger partial charge on any atom is -0.494 e. The first-order valence-electron chi connectivity index (χ1n) is 7.46. The average molecular weight is 304 g/mol. The lowest BCUT2D eigenvalue weighted by Gasteiger charge is -2.19. The molecule has 112 valence electrons. The van der Waals surface area contributed by atoms with E-state index in [-0.39, 0.29) is 0 Å². The lowest BCUT2D eigenvalue weighted by molar-refractivity contribution is 0.286. The number of ether oxygens (including phenoxy) is 1. The summed E-state index contributed by atoms with van der Waals surface area (Å²) in [5.74, 6) is 0.919. The van der Waals surface area contributed by atoms with E-state index in [1.807, 2.05) is 42.5 Å². The van der Waals surface area contributed by atoms with E-state index in [2.05, 4.69) is 24.4 Å². The van der Waals surface area contributed by atoms with Gasteiger partial charge in [0.2, 0.25) is 0 Å². The molecular weight excluding hydrogens is 282 g/mol. The van der Waals surface area contributed by atoms with Crippen LogP contribution in [0.2, 0.25) is 5.02 Å². The third-order valence-electron chi connectivity index (χ3n) is 3.33. The van der Waals surface area contributed by atoms with Crippen LogP contribution in [0.25, 0.3) is 0 Å². The Morgan fingerprint density at radius 1 is 1.05 bits per heavy atom. The summed E-state index contributed by atoms with van der Waals surface area (Å²) in [7, 11) is 0. The van der Waals surface area contributed by atoms with Crippen LogP contribution >= 0.6 is 11.6 Å². The SMILES string of the molecule is CCCNC(CCOc1ccccc1)c1ccc(Cl)cc1. The lowest BCUT2D eigenvalue weighted by Crippen LogP contribution is -2.24. The Balaban J connectivity index is 1.91. The quantitative estimate of drug-likeness (QED) is 0.752. The van der Waals surface area contributed by atoms with Crippen LogP contribution in [0.15, 0.2) is 54.6 Å². The van der Waals surface area contributed by atoms with Crippen LogP contribution in [0, 0.1) is 0 Å². The van der Waals surface area contributed by atoms with E-state index in [1.54, 1.807) is 0 Å². The van der Waals surface area contributed by atoms with E-state index in [0.717, 1.165) is 30.2 Å². The summed E-state index contributed by atoms with van der Waals surface area (Å²) in [5.41, 5.74) is 1.25. The predicted octanol–water partition coefficient (Wildman–Crippen LogP) is 4.85. The zero-order valence-corrected chi connectivity index (χ0v) is 13.1. The van der Waals surface area contributed by atoms with Gasteiger partial charge in [-0.2, -0.15) is 0 Å². The van der Waals surface area contributed by atoms with E-state index >= 15 is 0 Å². The monoisotopic (exact) mass is 303 g/mol. The maximum absolute atomic E-state index is 5.96. The average Bonchev–Trinajstić information content (AvgIpc) is 2.53. The van der Waals surface area contributed by atoms with Crippen molar-refractivity contribution in [2.45, 2.75) is 25.8 Å². The topological polar surface area (TPSA) is 21.3 Å². The summed E-state index contributed by atoms with van der Waals surface area (Å²) < 4.78 is 5.80. The van der Waals surface area contributed by atoms with Gasteiger partial charge in [-0.15, -0.1) is 0 Å². The van der Waals surface area contributed by atoms with Crippen LogP contribution in [0.1, 0.15) is 31.4 Å². The van der Waals surface area contributed by atoms with E-state index in [9.17, 15) is 0 Å². The molecule has 3 heteroatoms. The Bertz CT molecular complexity index is 513. The lowest BCUT2D eigenvalue weighted by atomic mass is 10.0. The van der Waals surface area contributed by atoms with Crippen molar-refractivity contribution in [3.8, 4) is 5.75 Å². The standard InChI is InChI=1S/C18H22ClNO/c1-2-13-20-18(15-8-10-16(19)11-9-15)12-14-21-17-6-4-3-5-7-17/h3-11,18,20H,2,12-14H2,1H3. The molecule has 0 saturated carbocycles. The van der Waals surface area contributed by atoms with Crippen molar-refractivity contribution in [1.29, 1.82) is 0 Å². The summed E-state index contributed by atoms with van der Waals surface area (Å²) in [5, 5.41) is 4.34. The maximum atomic E-state index is 5.96. The smallest absolute Gasteiger partial charge is 0.119 e. The minimum atomic E-state index is 0.297. The molecule has 1 unspecified atom stereocenters. The molecule has 0 radical (unpaired) electrons. The van der Waals surface area contributed by atoms with Crippen molar-refractivity contribution in [3.05, 3.63) is 65.2 Å². The molecule has 0 heterocycles. The van der Waals surface area contributed by atoms with Crippen molar-refractivity contribution in [3.63, 3.8) is 0 Å². The number of nitrogens with one attached hydrogen (secondary N) is 1. The van der Waals surface area contributed by atoms with E-state index < -0.39 is 0 Å². The molecule has 2 aromatic carbocycles. The third kappa shape index (κ3) is 5.41. The molecule has 1 N–H and O–H groups in total. The van der Waals surface area contributed by atoms with Crippen LogP contribution in [0.4, 0.5) is 0 Å². The molecule has 0 saturated heterocycles. The Morgan fingerprint density at radius 3 is 2.43 bits per heavy atom. The minimum absolute atomic E-state index is 0.297. The second kappa shape index (κ2) is 8.71. The highest BCUT2D eigenvalue weighted by Gasteiger charge is 2.10. The highest BCUT2D eigenvalue weighted by Crippen LogP contribution is 2.20. The number of hydrogen-bond donors (Lipinski definition) is 1. The summed E-state index contributed by atoms with van der Waals surface area (Å²) >= 11 is 5.96. The van der Waals surface area contributed by atoms with Gasteiger partial charge in [-0.1, -0.05) is 48.9 Å². The molecule has 2 nitrogen and oxygen atoms in total. The zero-order valence-electron chi connectivity index (χ0n) is 12.4. The number of rotatable bonds is 8. The molecular formula is C18H22ClNO. The van der Waals surface area contributed by atoms with Gasteiger partial charge >= 0.3 is 0 Å². The van der Waals surface area contributed by atoms with Crippen LogP contribution < -0.4 is 10.1 Å². The molecule has 2 aromatic rings. The molecule has 0 bridgehead atoms. The van der Waals surface area contributed by atoms with Gasteiger partial charge in [0.1, 0.15) is 5.75 Å². The van der Waals surface area contributed by atoms with Crippen LogP contribution in [0.5, 0.6) is 5.75 Å². The van der Waals surface area contributed by atoms with Crippen molar-refractivity contribution < 1.29 is 4.74 Å². The van der Waals surface area contributed by atoms with E-state index in [0.29, 0.717) is 12.6 Å². The van der Waals surface area contributed by atoms with Crippen LogP contribution in [0.3, 0.4) is 0 Å². The maximum Gasteiger partial charge on any atom is 0.119 e. The van der Waals surface area contributed by atoms with E-state index in [4.69, 9.17) is 16.3 Å². The van der Waals surface area contributed by atoms with Crippen molar-refractivity contribution in [2.24, 2.45) is 0 Å². The largest absolute Gasteiger partial charge is 0.494 e. The Kier molecular flexibility index (Phi) is 6.58. The molecule has 0 aliphatic carbocycles. The van der Waals surface area contributed by atoms with Crippen molar-refractivity contribution >= 4 is 11.6 Å². The number of para-hydroxylation sites is 1. The second-order valence-electron chi connectivity index (χ2n) is 5.01. The van der Waals surface area contributed by atoms with Gasteiger partial charge in [0.05, 0.1) is 6.61 Å². The van der Waals surface area contributed by atoms with Gasteiger partial charge in [0.25, 0.3) is 0 Å². The van der Waals surface area contributed by atoms with Crippen molar-refractivity contribution in [2.75, 3.05) is 13.2 Å². The van der Waals surface area contributed by atoms with E-state index in [1.165, 1.54) is 5.56 Å². The number of hydrogen-bond acceptors (Lipinski definition) is 2. The fraction of sp³-hybridized carbons (Fsp3) is 0.333. The van der Waals surface area contributed by atoms with Gasteiger partial charge in [-0.05, 0) is 42.8 Å². The van der Waals surface area contributed by atoms with Gasteiger partial charge in [-0.25, -0.2) is 0 Å². The Morgan fingerprint density at radius 2 is 1.76 bits per heavy atom. The molecule has 0 spiro atoms. The van der Waals surface area contributed by atoms with Crippen LogP contribution in [-0.4, -0.2) is 13.2 Å². The molecule has 0 aliphatic rings. The third-order valence-corrected chi connectivity index (χ3v) is 3.58. The van der Waals surface area contributed by atoms with Gasteiger partial charge in [-0.3, -0.25) is 0 Å². The van der Waals surface area contributed by atoms with Gasteiger partial charge < -0.3 is 10.1 Å². The first-order chi connectivity index (χ1) is 10.3. The first-order valence-corrected chi connectivity index (χ1v) is 7.84. The summed E-state index contributed by atoms with van der Waals surface area (Å²) in [4.78, 5) is 0. The molecule has 2 rings (SSSR count). The number of benzene rings is 2. The summed E-state index contributed by atoms with van der Waals surface area (Å²) in [6.45, 7) is 3.86. The Hall–Kier alpha value is -1.51. The van der Waals surface area contributed by atoms with Crippen LogP contribution in [-0.2, 0) is 0 Å². The van der Waals surface area contributed by atoms with Gasteiger partial charge in [0.15, 0.2) is 0 Å².